The van der Waals surface area contributed by atoms with Crippen molar-refractivity contribution >= 4 is 23.1 Å². The molecule has 0 aliphatic carbocycles. The van der Waals surface area contributed by atoms with E-state index in [0.29, 0.717) is 25.6 Å². The van der Waals surface area contributed by atoms with E-state index in [1.54, 1.807) is 17.4 Å². The number of hydrogen-bond acceptors (Lipinski definition) is 3. The van der Waals surface area contributed by atoms with Gasteiger partial charge in [0.15, 0.2) is 0 Å². The van der Waals surface area contributed by atoms with Gasteiger partial charge in [-0.05, 0) is 48.9 Å². The zero-order chi connectivity index (χ0) is 20.0. The average Bonchev–Trinajstić information content (AvgIpc) is 3.25. The highest BCUT2D eigenvalue weighted by Gasteiger charge is 2.38. The lowest BCUT2D eigenvalue weighted by molar-refractivity contribution is 0.140. The predicted molar refractivity (Wildman–Crippen MR) is 117 cm³/mol. The summed E-state index contributed by atoms with van der Waals surface area (Å²) in [5.41, 5.74) is 4.26. The fourth-order valence-electron chi connectivity index (χ4n) is 4.66. The molecule has 148 valence electrons. The van der Waals surface area contributed by atoms with Gasteiger partial charge < -0.3 is 14.8 Å². The quantitative estimate of drug-likeness (QED) is 0.681. The van der Waals surface area contributed by atoms with Crippen LogP contribution in [0.1, 0.15) is 23.6 Å². The van der Waals surface area contributed by atoms with Crippen molar-refractivity contribution in [2.45, 2.75) is 25.8 Å². The van der Waals surface area contributed by atoms with Gasteiger partial charge in [0.25, 0.3) is 5.56 Å². The van der Waals surface area contributed by atoms with Crippen molar-refractivity contribution in [1.82, 2.24) is 9.47 Å². The molecule has 0 unspecified atom stereocenters. The average molecular weight is 406 g/mol. The SMILES string of the molecule is Cc1ccc(NC(=O)N2C[C@@H]3C[C@H](C2)c2c(-c4cccs4)ccc(=O)n2C3)cc1. The highest BCUT2D eigenvalue weighted by atomic mass is 32.1. The minimum atomic E-state index is -0.0621. The number of anilines is 1. The van der Waals surface area contributed by atoms with Crippen LogP contribution in [0.2, 0.25) is 0 Å². The van der Waals surface area contributed by atoms with Gasteiger partial charge in [-0.25, -0.2) is 4.79 Å². The second-order valence-corrected chi connectivity index (χ2v) is 9.01. The Morgan fingerprint density at radius 2 is 1.90 bits per heavy atom. The zero-order valence-electron chi connectivity index (χ0n) is 16.3. The van der Waals surface area contributed by atoms with Crippen LogP contribution in [-0.4, -0.2) is 28.6 Å². The van der Waals surface area contributed by atoms with Crippen LogP contribution >= 0.6 is 11.3 Å². The minimum absolute atomic E-state index is 0.0621. The van der Waals surface area contributed by atoms with Gasteiger partial charge in [0.2, 0.25) is 0 Å². The number of amides is 2. The first-order valence-corrected chi connectivity index (χ1v) is 10.9. The number of likely N-dealkylation sites (tertiary alicyclic amines) is 1. The van der Waals surface area contributed by atoms with E-state index in [0.717, 1.165) is 23.4 Å². The number of carbonyl (C=O) groups is 1. The van der Waals surface area contributed by atoms with Gasteiger partial charge in [0.05, 0.1) is 0 Å². The van der Waals surface area contributed by atoms with Gasteiger partial charge in [-0.2, -0.15) is 0 Å². The highest BCUT2D eigenvalue weighted by Crippen LogP contribution is 2.40. The fourth-order valence-corrected chi connectivity index (χ4v) is 5.42. The molecule has 29 heavy (non-hydrogen) atoms. The summed E-state index contributed by atoms with van der Waals surface area (Å²) in [6.07, 6.45) is 1.02. The van der Waals surface area contributed by atoms with Crippen molar-refractivity contribution in [2.24, 2.45) is 5.92 Å². The van der Waals surface area contributed by atoms with Gasteiger partial charge in [-0.15, -0.1) is 11.3 Å². The first kappa shape index (κ1) is 18.2. The van der Waals surface area contributed by atoms with E-state index >= 15 is 0 Å². The van der Waals surface area contributed by atoms with E-state index in [4.69, 9.17) is 0 Å². The summed E-state index contributed by atoms with van der Waals surface area (Å²) in [7, 11) is 0. The maximum atomic E-state index is 12.9. The molecule has 6 heteroatoms. The van der Waals surface area contributed by atoms with Crippen LogP contribution in [0.25, 0.3) is 10.4 Å². The van der Waals surface area contributed by atoms with Crippen molar-refractivity contribution in [1.29, 1.82) is 0 Å². The Morgan fingerprint density at radius 1 is 1.07 bits per heavy atom. The molecule has 0 spiro atoms. The number of thiophene rings is 1. The summed E-state index contributed by atoms with van der Waals surface area (Å²) in [5, 5.41) is 5.09. The number of aromatic nitrogens is 1. The summed E-state index contributed by atoms with van der Waals surface area (Å²) >= 11 is 1.69. The number of aryl methyl sites for hydroxylation is 1. The van der Waals surface area contributed by atoms with Gasteiger partial charge in [0, 0.05) is 53.4 Å². The van der Waals surface area contributed by atoms with Crippen LogP contribution in [-0.2, 0) is 6.54 Å². The molecule has 0 radical (unpaired) electrons. The number of fused-ring (bicyclic) bond motifs is 4. The minimum Gasteiger partial charge on any atom is -0.324 e. The third kappa shape index (κ3) is 3.38. The molecule has 0 saturated carbocycles. The molecule has 2 amide bonds. The molecule has 2 atom stereocenters. The number of urea groups is 1. The third-order valence-electron chi connectivity index (χ3n) is 5.97. The molecule has 1 saturated heterocycles. The van der Waals surface area contributed by atoms with Crippen molar-refractivity contribution in [2.75, 3.05) is 18.4 Å². The van der Waals surface area contributed by atoms with E-state index in [-0.39, 0.29) is 17.5 Å². The van der Waals surface area contributed by atoms with Crippen LogP contribution in [0, 0.1) is 12.8 Å². The first-order valence-electron chi connectivity index (χ1n) is 9.98. The maximum absolute atomic E-state index is 12.9. The maximum Gasteiger partial charge on any atom is 0.321 e. The van der Waals surface area contributed by atoms with Crippen molar-refractivity contribution in [3.8, 4) is 10.4 Å². The number of rotatable bonds is 2. The normalized spacial score (nSPS) is 20.2. The number of hydrogen-bond donors (Lipinski definition) is 1. The Bertz CT molecular complexity index is 1100. The third-order valence-corrected chi connectivity index (χ3v) is 6.87. The Morgan fingerprint density at radius 3 is 2.66 bits per heavy atom. The van der Waals surface area contributed by atoms with Gasteiger partial charge >= 0.3 is 6.03 Å². The summed E-state index contributed by atoms with van der Waals surface area (Å²) < 4.78 is 1.95. The van der Waals surface area contributed by atoms with E-state index in [1.165, 1.54) is 10.4 Å². The molecule has 1 fully saturated rings. The topological polar surface area (TPSA) is 54.3 Å². The van der Waals surface area contributed by atoms with Crippen LogP contribution in [0.4, 0.5) is 10.5 Å². The highest BCUT2D eigenvalue weighted by molar-refractivity contribution is 7.13. The smallest absolute Gasteiger partial charge is 0.321 e. The molecule has 4 heterocycles. The number of nitrogens with zero attached hydrogens (tertiary/aromatic N) is 2. The Labute approximate surface area is 173 Å². The van der Waals surface area contributed by atoms with Gasteiger partial charge in [0.1, 0.15) is 0 Å². The van der Waals surface area contributed by atoms with Gasteiger partial charge in [-0.3, -0.25) is 4.79 Å². The molecule has 2 aliphatic rings. The number of piperidine rings is 1. The molecular formula is C23H23N3O2S. The number of carbonyl (C=O) groups excluding carboxylic acids is 1. The van der Waals surface area contributed by atoms with Crippen LogP contribution in [0.5, 0.6) is 0 Å². The number of pyridine rings is 1. The first-order chi connectivity index (χ1) is 14.1. The molecule has 1 N–H and O–H groups in total. The second-order valence-electron chi connectivity index (χ2n) is 8.06. The van der Waals surface area contributed by atoms with Crippen molar-refractivity contribution < 1.29 is 4.79 Å². The lowest BCUT2D eigenvalue weighted by Gasteiger charge is -2.43. The molecule has 5 nitrogen and oxygen atoms in total. The van der Waals surface area contributed by atoms with Crippen LogP contribution in [0.15, 0.2) is 58.7 Å². The van der Waals surface area contributed by atoms with Gasteiger partial charge in [-0.1, -0.05) is 23.8 Å². The standard InChI is InChI=1S/C23H23N3O2S/c1-15-4-6-18(7-5-15)24-23(28)25-12-16-11-17(14-25)22-19(20-3-2-10-29-20)8-9-21(27)26(22)13-16/h2-10,16-17H,11-14H2,1H3,(H,24,28)/t16-,17+/m0/s1. The largest absolute Gasteiger partial charge is 0.324 e. The fraction of sp³-hybridized carbons (Fsp3) is 0.304. The Kier molecular flexibility index (Phi) is 4.51. The molecule has 5 rings (SSSR count). The molecular weight excluding hydrogens is 382 g/mol. The van der Waals surface area contributed by atoms with E-state index in [1.807, 2.05) is 52.8 Å². The molecule has 2 bridgehead atoms. The van der Waals surface area contributed by atoms with Crippen LogP contribution in [0.3, 0.4) is 0 Å². The molecule has 3 aromatic rings. The molecule has 2 aliphatic heterocycles. The summed E-state index contributed by atoms with van der Waals surface area (Å²) in [6.45, 7) is 4.03. The second kappa shape index (κ2) is 7.19. The molecule has 2 aromatic heterocycles. The summed E-state index contributed by atoms with van der Waals surface area (Å²) in [4.78, 5) is 28.6. The van der Waals surface area contributed by atoms with Crippen LogP contribution < -0.4 is 10.9 Å². The lowest BCUT2D eigenvalue weighted by atomic mass is 9.81. The zero-order valence-corrected chi connectivity index (χ0v) is 17.1. The van der Waals surface area contributed by atoms with Crippen molar-refractivity contribution in [3.63, 3.8) is 0 Å². The van der Waals surface area contributed by atoms with Crippen molar-refractivity contribution in [3.05, 3.63) is 75.5 Å². The molecule has 1 aromatic carbocycles. The summed E-state index contributed by atoms with van der Waals surface area (Å²) in [6, 6.07) is 15.6. The summed E-state index contributed by atoms with van der Waals surface area (Å²) in [5.74, 6) is 0.485. The van der Waals surface area contributed by atoms with E-state index in [2.05, 4.69) is 16.8 Å². The monoisotopic (exact) mass is 405 g/mol. The Balaban J connectivity index is 1.44. The lowest BCUT2D eigenvalue weighted by Crippen LogP contribution is -2.50. The van der Waals surface area contributed by atoms with E-state index < -0.39 is 0 Å². The Hall–Kier alpha value is -2.86. The van der Waals surface area contributed by atoms with E-state index in [9.17, 15) is 9.59 Å². The number of nitrogens with one attached hydrogen (secondary N) is 1. The number of benzene rings is 1. The predicted octanol–water partition coefficient (Wildman–Crippen LogP) is 4.54.